The van der Waals surface area contributed by atoms with Crippen LogP contribution in [0.15, 0.2) is 66.1 Å². The first-order valence-electron chi connectivity index (χ1n) is 7.11. The van der Waals surface area contributed by atoms with Crippen LogP contribution < -0.4 is 9.04 Å². The highest BCUT2D eigenvalue weighted by Gasteiger charge is 2.23. The Bertz CT molecular complexity index is 755. The van der Waals surface area contributed by atoms with Gasteiger partial charge in [-0.15, -0.1) is 0 Å². The second kappa shape index (κ2) is 7.53. The number of benzene rings is 2. The number of nitrogens with zero attached hydrogens (tertiary/aromatic N) is 1. The van der Waals surface area contributed by atoms with E-state index < -0.39 is 10.0 Å². The van der Waals surface area contributed by atoms with Crippen molar-refractivity contribution in [1.82, 2.24) is 0 Å². The molecule has 122 valence electrons. The molecule has 0 saturated heterocycles. The van der Waals surface area contributed by atoms with Gasteiger partial charge in [0.1, 0.15) is 12.4 Å². The van der Waals surface area contributed by atoms with Crippen LogP contribution in [0, 0.1) is 0 Å². The highest BCUT2D eigenvalue weighted by atomic mass is 35.5. The molecule has 2 aromatic rings. The van der Waals surface area contributed by atoms with Gasteiger partial charge >= 0.3 is 0 Å². The Hall–Kier alpha value is -1.98. The first kappa shape index (κ1) is 17.4. The van der Waals surface area contributed by atoms with E-state index in [2.05, 4.69) is 6.58 Å². The predicted molar refractivity (Wildman–Crippen MR) is 93.8 cm³/mol. The Morgan fingerprint density at radius 2 is 1.74 bits per heavy atom. The van der Waals surface area contributed by atoms with Crippen LogP contribution in [0.3, 0.4) is 0 Å². The maximum absolute atomic E-state index is 12.8. The van der Waals surface area contributed by atoms with Gasteiger partial charge in [0.05, 0.1) is 10.6 Å². The van der Waals surface area contributed by atoms with Crippen molar-refractivity contribution in [2.75, 3.05) is 17.5 Å². The van der Waals surface area contributed by atoms with Gasteiger partial charge < -0.3 is 4.74 Å². The van der Waals surface area contributed by atoms with Crippen LogP contribution in [0.5, 0.6) is 5.75 Å². The van der Waals surface area contributed by atoms with Crippen molar-refractivity contribution in [2.24, 2.45) is 0 Å². The molecule has 0 radical (unpaired) electrons. The quantitative estimate of drug-likeness (QED) is 0.705. The summed E-state index contributed by atoms with van der Waals surface area (Å²) < 4.78 is 32.3. The van der Waals surface area contributed by atoms with Crippen molar-refractivity contribution in [3.05, 3.63) is 66.2 Å². The van der Waals surface area contributed by atoms with Gasteiger partial charge in [-0.25, -0.2) is 8.42 Å². The van der Waals surface area contributed by atoms with Gasteiger partial charge in [-0.05, 0) is 55.5 Å². The standard InChI is InChI=1S/C17H18ClNO3S/c1-3-13-22-16-9-7-15(8-10-16)19(4-2)23(20,21)17-11-5-14(18)6-12-17/h3,5-12H,1,4,13H2,2H3. The lowest BCUT2D eigenvalue weighted by atomic mass is 10.3. The van der Waals surface area contributed by atoms with E-state index in [-0.39, 0.29) is 4.90 Å². The Morgan fingerprint density at radius 1 is 1.13 bits per heavy atom. The smallest absolute Gasteiger partial charge is 0.264 e. The molecule has 0 unspecified atom stereocenters. The number of sulfonamides is 1. The number of rotatable bonds is 7. The maximum atomic E-state index is 12.8. The molecule has 0 spiro atoms. The fourth-order valence-electron chi connectivity index (χ4n) is 2.09. The third-order valence-corrected chi connectivity index (χ3v) is 5.35. The third kappa shape index (κ3) is 4.06. The van der Waals surface area contributed by atoms with Crippen molar-refractivity contribution in [3.63, 3.8) is 0 Å². The van der Waals surface area contributed by atoms with Crippen molar-refractivity contribution in [3.8, 4) is 5.75 Å². The molecule has 0 aromatic heterocycles. The fraction of sp³-hybridized carbons (Fsp3) is 0.176. The zero-order valence-electron chi connectivity index (χ0n) is 12.8. The summed E-state index contributed by atoms with van der Waals surface area (Å²) in [4.78, 5) is 0.204. The molecule has 0 N–H and O–H groups in total. The van der Waals surface area contributed by atoms with E-state index in [1.54, 1.807) is 49.4 Å². The summed E-state index contributed by atoms with van der Waals surface area (Å²) in [5, 5.41) is 0.496. The molecular weight excluding hydrogens is 334 g/mol. The van der Waals surface area contributed by atoms with E-state index in [4.69, 9.17) is 16.3 Å². The topological polar surface area (TPSA) is 46.6 Å². The second-order valence-corrected chi connectivity index (χ2v) is 7.02. The first-order valence-corrected chi connectivity index (χ1v) is 8.93. The minimum absolute atomic E-state index is 0.204. The molecule has 0 amide bonds. The third-order valence-electron chi connectivity index (χ3n) is 3.18. The minimum atomic E-state index is -3.63. The molecule has 2 aromatic carbocycles. The molecule has 0 bridgehead atoms. The van der Waals surface area contributed by atoms with Crippen LogP contribution in [-0.4, -0.2) is 21.6 Å². The average molecular weight is 352 g/mol. The molecule has 0 aliphatic heterocycles. The molecule has 0 aliphatic rings. The van der Waals surface area contributed by atoms with Crippen LogP contribution in [0.25, 0.3) is 0 Å². The molecule has 6 heteroatoms. The van der Waals surface area contributed by atoms with E-state index in [0.29, 0.717) is 29.6 Å². The van der Waals surface area contributed by atoms with Gasteiger partial charge in [0, 0.05) is 11.6 Å². The lowest BCUT2D eigenvalue weighted by molar-refractivity contribution is 0.363. The van der Waals surface area contributed by atoms with Crippen LogP contribution in [-0.2, 0) is 10.0 Å². The molecule has 0 fully saturated rings. The number of hydrogen-bond acceptors (Lipinski definition) is 3. The molecular formula is C17H18ClNO3S. The summed E-state index contributed by atoms with van der Waals surface area (Å²) in [5.74, 6) is 0.661. The van der Waals surface area contributed by atoms with Crippen molar-refractivity contribution >= 4 is 27.3 Å². The van der Waals surface area contributed by atoms with E-state index in [9.17, 15) is 8.42 Å². The van der Waals surface area contributed by atoms with Gasteiger partial charge in [-0.3, -0.25) is 4.31 Å². The Morgan fingerprint density at radius 3 is 2.26 bits per heavy atom. The Balaban J connectivity index is 2.31. The van der Waals surface area contributed by atoms with Gasteiger partial charge in [-0.1, -0.05) is 24.3 Å². The highest BCUT2D eigenvalue weighted by molar-refractivity contribution is 7.92. The zero-order valence-corrected chi connectivity index (χ0v) is 14.3. The monoisotopic (exact) mass is 351 g/mol. The van der Waals surface area contributed by atoms with E-state index in [1.807, 2.05) is 0 Å². The lowest BCUT2D eigenvalue weighted by Crippen LogP contribution is -2.30. The molecule has 2 rings (SSSR count). The van der Waals surface area contributed by atoms with Crippen LogP contribution >= 0.6 is 11.6 Å². The second-order valence-electron chi connectivity index (χ2n) is 4.72. The first-order chi connectivity index (χ1) is 11.0. The van der Waals surface area contributed by atoms with Crippen molar-refractivity contribution in [2.45, 2.75) is 11.8 Å². The molecule has 0 heterocycles. The maximum Gasteiger partial charge on any atom is 0.264 e. The lowest BCUT2D eigenvalue weighted by Gasteiger charge is -2.23. The summed E-state index contributed by atoms with van der Waals surface area (Å²) in [6.07, 6.45) is 1.65. The van der Waals surface area contributed by atoms with Gasteiger partial charge in [0.15, 0.2) is 0 Å². The normalized spacial score (nSPS) is 11.0. The Labute approximate surface area is 142 Å². The zero-order chi connectivity index (χ0) is 16.9. The number of ether oxygens (including phenoxy) is 1. The number of anilines is 1. The largest absolute Gasteiger partial charge is 0.490 e. The average Bonchev–Trinajstić information content (AvgIpc) is 2.55. The van der Waals surface area contributed by atoms with Gasteiger partial charge in [0.25, 0.3) is 10.0 Å². The van der Waals surface area contributed by atoms with E-state index in [1.165, 1.54) is 16.4 Å². The summed E-state index contributed by atoms with van der Waals surface area (Å²) in [6, 6.07) is 13.0. The highest BCUT2D eigenvalue weighted by Crippen LogP contribution is 2.26. The molecule has 4 nitrogen and oxygen atoms in total. The SMILES string of the molecule is C=CCOc1ccc(N(CC)S(=O)(=O)c2ccc(Cl)cc2)cc1. The summed E-state index contributed by atoms with van der Waals surface area (Å²) in [7, 11) is -3.63. The Kier molecular flexibility index (Phi) is 5.69. The molecule has 23 heavy (non-hydrogen) atoms. The van der Waals surface area contributed by atoms with E-state index in [0.717, 1.165) is 0 Å². The van der Waals surface area contributed by atoms with Gasteiger partial charge in [0.2, 0.25) is 0 Å². The van der Waals surface area contributed by atoms with Gasteiger partial charge in [-0.2, -0.15) is 0 Å². The van der Waals surface area contributed by atoms with Crippen LogP contribution in [0.4, 0.5) is 5.69 Å². The summed E-state index contributed by atoms with van der Waals surface area (Å²) in [6.45, 7) is 6.09. The molecule has 0 atom stereocenters. The van der Waals surface area contributed by atoms with E-state index >= 15 is 0 Å². The van der Waals surface area contributed by atoms with Crippen LogP contribution in [0.1, 0.15) is 6.92 Å². The fourth-order valence-corrected chi connectivity index (χ4v) is 3.69. The molecule has 0 aliphatic carbocycles. The molecule has 0 saturated carbocycles. The minimum Gasteiger partial charge on any atom is -0.490 e. The summed E-state index contributed by atoms with van der Waals surface area (Å²) in [5.41, 5.74) is 0.577. The predicted octanol–water partition coefficient (Wildman–Crippen LogP) is 4.12. The van der Waals surface area contributed by atoms with Crippen molar-refractivity contribution in [1.29, 1.82) is 0 Å². The summed E-state index contributed by atoms with van der Waals surface area (Å²) >= 11 is 5.82. The van der Waals surface area contributed by atoms with Crippen molar-refractivity contribution < 1.29 is 13.2 Å². The number of halogens is 1. The van der Waals surface area contributed by atoms with Crippen LogP contribution in [0.2, 0.25) is 5.02 Å². The number of hydrogen-bond donors (Lipinski definition) is 0.